The summed E-state index contributed by atoms with van der Waals surface area (Å²) in [4.78, 5) is 4.34. The van der Waals surface area contributed by atoms with Crippen molar-refractivity contribution in [2.75, 3.05) is 6.79 Å². The summed E-state index contributed by atoms with van der Waals surface area (Å²) in [6, 6.07) is 9.92. The first-order valence-corrected chi connectivity index (χ1v) is 8.22. The summed E-state index contributed by atoms with van der Waals surface area (Å²) >= 11 is 0. The number of benzene rings is 1. The third kappa shape index (κ3) is 2.77. The van der Waals surface area contributed by atoms with Crippen molar-refractivity contribution < 1.29 is 17.9 Å². The second kappa shape index (κ2) is 5.26. The second-order valence-electron chi connectivity index (χ2n) is 5.46. The van der Waals surface area contributed by atoms with Gasteiger partial charge >= 0.3 is 0 Å². The van der Waals surface area contributed by atoms with Crippen LogP contribution in [0, 0.1) is 0 Å². The average Bonchev–Trinajstić information content (AvgIpc) is 2.94. The molecule has 3 rings (SSSR count). The second-order valence-corrected chi connectivity index (χ2v) is 7.14. The molecule has 1 aromatic heterocycles. The van der Waals surface area contributed by atoms with Gasteiger partial charge < -0.3 is 9.47 Å². The van der Waals surface area contributed by atoms with Crippen molar-refractivity contribution in [1.29, 1.82) is 0 Å². The predicted molar refractivity (Wildman–Crippen MR) is 80.1 cm³/mol. The standard InChI is InChI=1S/C15H16N2O4S/c1-15(2,14-5-3-4-8-16-14)17-22(18,19)11-6-7-12-13(9-11)21-10-20-12/h3-9,17H,10H2,1-2H3. The lowest BCUT2D eigenvalue weighted by Gasteiger charge is -2.25. The Morgan fingerprint density at radius 1 is 1.14 bits per heavy atom. The molecule has 1 aliphatic heterocycles. The molecule has 0 amide bonds. The van der Waals surface area contributed by atoms with E-state index >= 15 is 0 Å². The van der Waals surface area contributed by atoms with Gasteiger partial charge in [0.05, 0.1) is 16.1 Å². The highest BCUT2D eigenvalue weighted by molar-refractivity contribution is 7.89. The number of nitrogens with one attached hydrogen (secondary N) is 1. The van der Waals surface area contributed by atoms with Crippen molar-refractivity contribution in [3.8, 4) is 11.5 Å². The van der Waals surface area contributed by atoms with Gasteiger partial charge in [0, 0.05) is 12.3 Å². The number of sulfonamides is 1. The Hall–Kier alpha value is -2.12. The maximum atomic E-state index is 12.6. The first-order valence-electron chi connectivity index (χ1n) is 6.74. The first-order chi connectivity index (χ1) is 10.4. The van der Waals surface area contributed by atoms with Crippen LogP contribution >= 0.6 is 0 Å². The molecule has 0 aliphatic carbocycles. The minimum absolute atomic E-state index is 0.103. The number of hydrogen-bond acceptors (Lipinski definition) is 5. The Balaban J connectivity index is 1.90. The number of ether oxygens (including phenoxy) is 2. The summed E-state index contributed by atoms with van der Waals surface area (Å²) in [5.74, 6) is 0.974. The van der Waals surface area contributed by atoms with Gasteiger partial charge in [-0.2, -0.15) is 4.72 Å². The van der Waals surface area contributed by atoms with E-state index in [2.05, 4.69) is 9.71 Å². The average molecular weight is 320 g/mol. The summed E-state index contributed by atoms with van der Waals surface area (Å²) in [5, 5.41) is 0. The first kappa shape index (κ1) is 14.8. The Morgan fingerprint density at radius 3 is 2.64 bits per heavy atom. The maximum absolute atomic E-state index is 12.6. The van der Waals surface area contributed by atoms with E-state index in [1.807, 2.05) is 6.07 Å². The summed E-state index contributed by atoms with van der Waals surface area (Å²) in [6.45, 7) is 3.63. The zero-order valence-corrected chi connectivity index (χ0v) is 13.1. The Bertz CT molecular complexity index is 788. The molecule has 0 atom stereocenters. The lowest BCUT2D eigenvalue weighted by molar-refractivity contribution is 0.174. The van der Waals surface area contributed by atoms with Gasteiger partial charge in [0.1, 0.15) is 0 Å². The van der Waals surface area contributed by atoms with Crippen LogP contribution in [0.15, 0.2) is 47.5 Å². The van der Waals surface area contributed by atoms with Crippen molar-refractivity contribution >= 4 is 10.0 Å². The number of nitrogens with zero attached hydrogens (tertiary/aromatic N) is 1. The minimum Gasteiger partial charge on any atom is -0.454 e. The van der Waals surface area contributed by atoms with Gasteiger partial charge in [0.2, 0.25) is 16.8 Å². The molecule has 7 heteroatoms. The van der Waals surface area contributed by atoms with Gasteiger partial charge in [-0.15, -0.1) is 0 Å². The fourth-order valence-corrected chi connectivity index (χ4v) is 3.63. The molecule has 0 unspecified atom stereocenters. The lowest BCUT2D eigenvalue weighted by Crippen LogP contribution is -2.41. The van der Waals surface area contributed by atoms with E-state index in [-0.39, 0.29) is 11.7 Å². The zero-order valence-electron chi connectivity index (χ0n) is 12.2. The maximum Gasteiger partial charge on any atom is 0.241 e. The summed E-state index contributed by atoms with van der Waals surface area (Å²) < 4.78 is 38.3. The van der Waals surface area contributed by atoms with Crippen LogP contribution in [0.1, 0.15) is 19.5 Å². The van der Waals surface area contributed by atoms with Crippen LogP contribution in [0.25, 0.3) is 0 Å². The molecule has 22 heavy (non-hydrogen) atoms. The van der Waals surface area contributed by atoms with Crippen LogP contribution in [0.5, 0.6) is 11.5 Å². The van der Waals surface area contributed by atoms with Crippen LogP contribution in [0.4, 0.5) is 0 Å². The molecule has 0 radical (unpaired) electrons. The van der Waals surface area contributed by atoms with Crippen LogP contribution in [-0.4, -0.2) is 20.2 Å². The van der Waals surface area contributed by atoms with E-state index in [4.69, 9.17) is 9.47 Å². The fraction of sp³-hybridized carbons (Fsp3) is 0.267. The Labute approximate surface area is 129 Å². The van der Waals surface area contributed by atoms with Crippen LogP contribution < -0.4 is 14.2 Å². The molecule has 116 valence electrons. The highest BCUT2D eigenvalue weighted by atomic mass is 32.2. The van der Waals surface area contributed by atoms with Crippen molar-refractivity contribution in [2.24, 2.45) is 0 Å². The number of fused-ring (bicyclic) bond motifs is 1. The van der Waals surface area contributed by atoms with Gasteiger partial charge in [-0.1, -0.05) is 6.07 Å². The van der Waals surface area contributed by atoms with Crippen molar-refractivity contribution in [3.05, 3.63) is 48.3 Å². The quantitative estimate of drug-likeness (QED) is 0.932. The van der Waals surface area contributed by atoms with Crippen molar-refractivity contribution in [1.82, 2.24) is 9.71 Å². The van der Waals surface area contributed by atoms with E-state index in [0.717, 1.165) is 0 Å². The summed E-state index contributed by atoms with van der Waals surface area (Å²) in [6.07, 6.45) is 1.63. The number of rotatable bonds is 4. The fourth-order valence-electron chi connectivity index (χ4n) is 2.22. The van der Waals surface area contributed by atoms with E-state index in [0.29, 0.717) is 17.2 Å². The van der Waals surface area contributed by atoms with Gasteiger partial charge in [-0.05, 0) is 38.1 Å². The topological polar surface area (TPSA) is 77.5 Å². The van der Waals surface area contributed by atoms with Gasteiger partial charge in [-0.3, -0.25) is 4.98 Å². The number of hydrogen-bond donors (Lipinski definition) is 1. The monoisotopic (exact) mass is 320 g/mol. The molecule has 1 aliphatic rings. The predicted octanol–water partition coefficient (Wildman–Crippen LogP) is 2.02. The molecule has 1 aromatic carbocycles. The molecular formula is C15H16N2O4S. The van der Waals surface area contributed by atoms with E-state index in [1.165, 1.54) is 12.1 Å². The molecule has 0 spiro atoms. The molecule has 2 heterocycles. The summed E-state index contributed by atoms with van der Waals surface area (Å²) in [7, 11) is -3.71. The molecule has 1 N–H and O–H groups in total. The largest absolute Gasteiger partial charge is 0.454 e. The van der Waals surface area contributed by atoms with E-state index < -0.39 is 15.6 Å². The van der Waals surface area contributed by atoms with Crippen molar-refractivity contribution in [2.45, 2.75) is 24.3 Å². The minimum atomic E-state index is -3.71. The SMILES string of the molecule is CC(C)(NS(=O)(=O)c1ccc2c(c1)OCO2)c1ccccn1. The molecule has 0 fully saturated rings. The number of pyridine rings is 1. The van der Waals surface area contributed by atoms with Crippen LogP contribution in [-0.2, 0) is 15.6 Å². The highest BCUT2D eigenvalue weighted by Gasteiger charge is 2.30. The smallest absolute Gasteiger partial charge is 0.241 e. The van der Waals surface area contributed by atoms with Crippen LogP contribution in [0.3, 0.4) is 0 Å². The van der Waals surface area contributed by atoms with Gasteiger partial charge in [0.15, 0.2) is 11.5 Å². The lowest BCUT2D eigenvalue weighted by atomic mass is 10.0. The van der Waals surface area contributed by atoms with E-state index in [1.54, 1.807) is 38.2 Å². The summed E-state index contributed by atoms with van der Waals surface area (Å²) in [5.41, 5.74) is -0.199. The highest BCUT2D eigenvalue weighted by Crippen LogP contribution is 2.34. The third-order valence-electron chi connectivity index (χ3n) is 3.35. The molecular weight excluding hydrogens is 304 g/mol. The molecule has 6 nitrogen and oxygen atoms in total. The van der Waals surface area contributed by atoms with Crippen molar-refractivity contribution in [3.63, 3.8) is 0 Å². The Morgan fingerprint density at radius 2 is 1.91 bits per heavy atom. The zero-order chi connectivity index (χ0) is 15.8. The Kier molecular flexibility index (Phi) is 3.54. The van der Waals surface area contributed by atoms with Gasteiger partial charge in [-0.25, -0.2) is 8.42 Å². The van der Waals surface area contributed by atoms with Crippen LogP contribution in [0.2, 0.25) is 0 Å². The van der Waals surface area contributed by atoms with E-state index in [9.17, 15) is 8.42 Å². The third-order valence-corrected chi connectivity index (χ3v) is 5.00. The molecule has 0 saturated carbocycles. The normalized spacial score (nSPS) is 14.1. The molecule has 0 bridgehead atoms. The van der Waals surface area contributed by atoms with Gasteiger partial charge in [0.25, 0.3) is 0 Å². The number of aromatic nitrogens is 1. The molecule has 0 saturated heterocycles. The molecule has 2 aromatic rings.